The summed E-state index contributed by atoms with van der Waals surface area (Å²) in [7, 11) is 0. The van der Waals surface area contributed by atoms with Gasteiger partial charge in [-0.1, -0.05) is 0 Å². The fraction of sp³-hybridized carbons (Fsp3) is 0.833. The summed E-state index contributed by atoms with van der Waals surface area (Å²) in [4.78, 5) is 24.0. The molecule has 0 saturated heterocycles. The predicted octanol–water partition coefficient (Wildman–Crippen LogP) is 2.02. The summed E-state index contributed by atoms with van der Waals surface area (Å²) in [6.45, 7) is 5.02. The topological polar surface area (TPSA) is 69.6 Å². The quantitative estimate of drug-likeness (QED) is 0.632. The van der Waals surface area contributed by atoms with Crippen LogP contribution >= 0.6 is 11.8 Å². The second kappa shape index (κ2) is 10.1. The third-order valence-electron chi connectivity index (χ3n) is 2.48. The molecule has 0 atom stereocenters. The number of hydrogen-bond donors (Lipinski definition) is 2. The zero-order chi connectivity index (χ0) is 14.0. The van der Waals surface area contributed by atoms with Gasteiger partial charge < -0.3 is 15.3 Å². The maximum absolute atomic E-state index is 11.9. The van der Waals surface area contributed by atoms with Gasteiger partial charge in [-0.3, -0.25) is 4.79 Å². The molecular formula is C12H24N2O3S. The van der Waals surface area contributed by atoms with E-state index < -0.39 is 5.97 Å². The Labute approximate surface area is 113 Å². The summed E-state index contributed by atoms with van der Waals surface area (Å²) in [6, 6.07) is -0.0177. The van der Waals surface area contributed by atoms with E-state index in [4.69, 9.17) is 5.11 Å². The number of hydrogen-bond acceptors (Lipinski definition) is 3. The van der Waals surface area contributed by atoms with Crippen LogP contribution in [0.1, 0.15) is 33.1 Å². The minimum atomic E-state index is -0.820. The van der Waals surface area contributed by atoms with Crippen LogP contribution in [0.2, 0.25) is 0 Å². The number of urea groups is 1. The number of carbonyl (C=O) groups excluding carboxylic acids is 1. The van der Waals surface area contributed by atoms with Crippen LogP contribution in [0.5, 0.6) is 0 Å². The molecule has 0 bridgehead atoms. The molecule has 0 aromatic rings. The van der Waals surface area contributed by atoms with Gasteiger partial charge in [0.25, 0.3) is 0 Å². The van der Waals surface area contributed by atoms with Crippen LogP contribution < -0.4 is 5.32 Å². The second-order valence-electron chi connectivity index (χ2n) is 4.36. The molecule has 0 fully saturated rings. The summed E-state index contributed by atoms with van der Waals surface area (Å²) in [5.41, 5.74) is 0. The lowest BCUT2D eigenvalue weighted by Gasteiger charge is -2.26. The van der Waals surface area contributed by atoms with Crippen molar-refractivity contribution in [3.8, 4) is 0 Å². The third kappa shape index (κ3) is 8.22. The Hall–Kier alpha value is -0.910. The average Bonchev–Trinajstić information content (AvgIpc) is 2.29. The van der Waals surface area contributed by atoms with Gasteiger partial charge in [-0.2, -0.15) is 11.8 Å². The summed E-state index contributed by atoms with van der Waals surface area (Å²) in [5, 5.41) is 11.4. The zero-order valence-corrected chi connectivity index (χ0v) is 12.3. The molecule has 0 spiro atoms. The summed E-state index contributed by atoms with van der Waals surface area (Å²) in [6.07, 6.45) is 3.58. The molecular weight excluding hydrogens is 252 g/mol. The lowest BCUT2D eigenvalue weighted by atomic mass is 10.2. The first kappa shape index (κ1) is 17.1. The van der Waals surface area contributed by atoms with Crippen LogP contribution in [0.15, 0.2) is 0 Å². The molecule has 0 saturated carbocycles. The summed E-state index contributed by atoms with van der Waals surface area (Å²) >= 11 is 1.75. The van der Waals surface area contributed by atoms with Crippen molar-refractivity contribution < 1.29 is 14.7 Å². The van der Waals surface area contributed by atoms with Gasteiger partial charge in [0.2, 0.25) is 0 Å². The second-order valence-corrected chi connectivity index (χ2v) is 5.35. The number of carboxylic acid groups (broad SMARTS) is 1. The van der Waals surface area contributed by atoms with Crippen LogP contribution in [0, 0.1) is 0 Å². The first-order valence-corrected chi connectivity index (χ1v) is 7.63. The van der Waals surface area contributed by atoms with Crippen molar-refractivity contribution in [3.63, 3.8) is 0 Å². The van der Waals surface area contributed by atoms with E-state index >= 15 is 0 Å². The SMILES string of the molecule is CSCCCNC(=O)N(CCCC(=O)O)C(C)C. The number of rotatable bonds is 9. The molecule has 6 heteroatoms. The lowest BCUT2D eigenvalue weighted by molar-refractivity contribution is -0.137. The minimum Gasteiger partial charge on any atom is -0.481 e. The molecule has 5 nitrogen and oxygen atoms in total. The molecule has 106 valence electrons. The van der Waals surface area contributed by atoms with Crippen molar-refractivity contribution >= 4 is 23.8 Å². The standard InChI is InChI=1S/C12H24N2O3S/c1-10(2)14(8-4-6-11(15)16)12(17)13-7-5-9-18-3/h10H,4-9H2,1-3H3,(H,13,17)(H,15,16). The van der Waals surface area contributed by atoms with E-state index in [2.05, 4.69) is 5.32 Å². The summed E-state index contributed by atoms with van der Waals surface area (Å²) in [5.74, 6) is 0.208. The fourth-order valence-electron chi connectivity index (χ4n) is 1.51. The number of carboxylic acids is 1. The molecule has 0 aliphatic heterocycles. The monoisotopic (exact) mass is 276 g/mol. The highest BCUT2D eigenvalue weighted by Gasteiger charge is 2.16. The Morgan fingerprint density at radius 2 is 2.00 bits per heavy atom. The van der Waals surface area contributed by atoms with Crippen molar-refractivity contribution in [2.24, 2.45) is 0 Å². The number of aliphatic carboxylic acids is 1. The Balaban J connectivity index is 3.99. The van der Waals surface area contributed by atoms with E-state index in [1.165, 1.54) is 0 Å². The molecule has 0 radical (unpaired) electrons. The van der Waals surface area contributed by atoms with E-state index in [0.717, 1.165) is 12.2 Å². The average molecular weight is 276 g/mol. The molecule has 0 aliphatic rings. The fourth-order valence-corrected chi connectivity index (χ4v) is 1.94. The molecule has 0 aromatic carbocycles. The van der Waals surface area contributed by atoms with E-state index in [-0.39, 0.29) is 18.5 Å². The number of nitrogens with zero attached hydrogens (tertiary/aromatic N) is 1. The maximum Gasteiger partial charge on any atom is 0.317 e. The van der Waals surface area contributed by atoms with Gasteiger partial charge in [0, 0.05) is 25.6 Å². The van der Waals surface area contributed by atoms with E-state index in [9.17, 15) is 9.59 Å². The molecule has 0 aromatic heterocycles. The number of amides is 2. The molecule has 0 aliphatic carbocycles. The molecule has 0 rings (SSSR count). The van der Waals surface area contributed by atoms with Crippen LogP contribution in [-0.2, 0) is 4.79 Å². The van der Waals surface area contributed by atoms with Gasteiger partial charge in [0.1, 0.15) is 0 Å². The van der Waals surface area contributed by atoms with Gasteiger partial charge in [-0.05, 0) is 38.7 Å². The zero-order valence-electron chi connectivity index (χ0n) is 11.4. The van der Waals surface area contributed by atoms with Crippen molar-refractivity contribution in [3.05, 3.63) is 0 Å². The minimum absolute atomic E-state index is 0.0827. The third-order valence-corrected chi connectivity index (χ3v) is 3.17. The van der Waals surface area contributed by atoms with E-state index in [1.54, 1.807) is 16.7 Å². The number of nitrogens with one attached hydrogen (secondary N) is 1. The van der Waals surface area contributed by atoms with E-state index in [0.29, 0.717) is 19.5 Å². The van der Waals surface area contributed by atoms with Crippen LogP contribution in [-0.4, -0.2) is 53.1 Å². The first-order chi connectivity index (χ1) is 8.49. The molecule has 18 heavy (non-hydrogen) atoms. The highest BCUT2D eigenvalue weighted by atomic mass is 32.2. The highest BCUT2D eigenvalue weighted by molar-refractivity contribution is 7.98. The highest BCUT2D eigenvalue weighted by Crippen LogP contribution is 2.03. The van der Waals surface area contributed by atoms with Gasteiger partial charge in [-0.25, -0.2) is 4.79 Å². The van der Waals surface area contributed by atoms with Gasteiger partial charge >= 0.3 is 12.0 Å². The molecule has 2 N–H and O–H groups in total. The largest absolute Gasteiger partial charge is 0.481 e. The lowest BCUT2D eigenvalue weighted by Crippen LogP contribution is -2.44. The number of thioether (sulfide) groups is 1. The smallest absolute Gasteiger partial charge is 0.317 e. The van der Waals surface area contributed by atoms with Crippen molar-refractivity contribution in [1.29, 1.82) is 0 Å². The van der Waals surface area contributed by atoms with Gasteiger partial charge in [0.15, 0.2) is 0 Å². The normalized spacial score (nSPS) is 10.4. The van der Waals surface area contributed by atoms with E-state index in [1.807, 2.05) is 20.1 Å². The van der Waals surface area contributed by atoms with Gasteiger partial charge in [-0.15, -0.1) is 0 Å². The Kier molecular flexibility index (Phi) is 9.55. The summed E-state index contributed by atoms with van der Waals surface area (Å²) < 4.78 is 0. The Bertz CT molecular complexity index is 260. The van der Waals surface area contributed by atoms with Gasteiger partial charge in [0.05, 0.1) is 0 Å². The predicted molar refractivity (Wildman–Crippen MR) is 75.1 cm³/mol. The van der Waals surface area contributed by atoms with Crippen LogP contribution in [0.25, 0.3) is 0 Å². The molecule has 0 unspecified atom stereocenters. The Morgan fingerprint density at radius 1 is 1.33 bits per heavy atom. The van der Waals surface area contributed by atoms with Crippen LogP contribution in [0.4, 0.5) is 4.79 Å². The van der Waals surface area contributed by atoms with Crippen molar-refractivity contribution in [2.45, 2.75) is 39.2 Å². The van der Waals surface area contributed by atoms with Crippen molar-refractivity contribution in [2.75, 3.05) is 25.1 Å². The van der Waals surface area contributed by atoms with Crippen molar-refractivity contribution in [1.82, 2.24) is 10.2 Å². The molecule has 2 amide bonds. The number of carbonyl (C=O) groups is 2. The first-order valence-electron chi connectivity index (χ1n) is 6.24. The van der Waals surface area contributed by atoms with Crippen LogP contribution in [0.3, 0.4) is 0 Å². The maximum atomic E-state index is 11.9. The Morgan fingerprint density at radius 3 is 2.50 bits per heavy atom. The molecule has 0 heterocycles.